The van der Waals surface area contributed by atoms with Crippen LogP contribution in [0.3, 0.4) is 0 Å². The van der Waals surface area contributed by atoms with Gasteiger partial charge in [0.15, 0.2) is 11.6 Å². The maximum atomic E-state index is 13.9. The monoisotopic (exact) mass is 545 g/mol. The first-order valence-electron chi connectivity index (χ1n) is 13.2. The number of hydrogen-bond acceptors (Lipinski definition) is 6. The quantitative estimate of drug-likeness (QED) is 0.184. The molecule has 0 unspecified atom stereocenters. The fourth-order valence-corrected chi connectivity index (χ4v) is 5.63. The molecule has 10 heteroatoms. The first-order valence-corrected chi connectivity index (χ1v) is 13.2. The number of hydrogen-bond donors (Lipinski definition) is 3. The molecule has 1 aliphatic rings. The normalized spacial score (nSPS) is 15.4. The number of nitrogens with one attached hydrogen (secondary N) is 1. The molecule has 1 amide bonds. The second-order valence-electron chi connectivity index (χ2n) is 10.2. The highest BCUT2D eigenvalue weighted by molar-refractivity contribution is 5.84. The van der Waals surface area contributed by atoms with E-state index in [9.17, 15) is 28.3 Å². The zero-order valence-corrected chi connectivity index (χ0v) is 22.0. The number of methoxy groups -OCH3 is 1. The van der Waals surface area contributed by atoms with Gasteiger partial charge in [0, 0.05) is 17.6 Å². The van der Waals surface area contributed by atoms with E-state index in [0.29, 0.717) is 70.0 Å². The first kappa shape index (κ1) is 28.8. The summed E-state index contributed by atoms with van der Waals surface area (Å²) in [5, 5.41) is 20.3. The lowest BCUT2D eigenvalue weighted by atomic mass is 9.73. The second-order valence-corrected chi connectivity index (χ2v) is 10.2. The minimum atomic E-state index is -1.19. The van der Waals surface area contributed by atoms with Gasteiger partial charge in [-0.3, -0.25) is 15.0 Å². The molecule has 39 heavy (non-hydrogen) atoms. The van der Waals surface area contributed by atoms with Crippen molar-refractivity contribution in [1.82, 2.24) is 15.4 Å². The minimum Gasteiger partial charge on any atom is -0.497 e. The van der Waals surface area contributed by atoms with E-state index in [1.165, 1.54) is 0 Å². The molecule has 0 aliphatic carbocycles. The first-order chi connectivity index (χ1) is 18.8. The van der Waals surface area contributed by atoms with Crippen LogP contribution in [0.15, 0.2) is 36.5 Å². The van der Waals surface area contributed by atoms with Gasteiger partial charge in [-0.25, -0.2) is 18.7 Å². The number of pyridine rings is 1. The predicted molar refractivity (Wildman–Crippen MR) is 140 cm³/mol. The molecule has 1 aliphatic heterocycles. The van der Waals surface area contributed by atoms with E-state index < -0.39 is 28.8 Å². The number of hydroxylamine groups is 1. The maximum Gasteiger partial charge on any atom is 0.249 e. The Labute approximate surface area is 225 Å². The molecule has 2 heterocycles. The Balaban J connectivity index is 1.38. The van der Waals surface area contributed by atoms with E-state index in [1.807, 2.05) is 23.7 Å². The Kier molecular flexibility index (Phi) is 9.42. The maximum absolute atomic E-state index is 13.9. The Morgan fingerprint density at radius 2 is 1.87 bits per heavy atom. The van der Waals surface area contributed by atoms with Gasteiger partial charge in [-0.2, -0.15) is 0 Å². The Hall–Kier alpha value is -3.21. The van der Waals surface area contributed by atoms with Crippen molar-refractivity contribution >= 4 is 16.8 Å². The number of piperidine rings is 1. The molecule has 0 spiro atoms. The van der Waals surface area contributed by atoms with Crippen LogP contribution in [0.25, 0.3) is 10.9 Å². The Bertz CT molecular complexity index is 1310. The van der Waals surface area contributed by atoms with E-state index in [4.69, 9.17) is 4.74 Å². The largest absolute Gasteiger partial charge is 0.497 e. The predicted octanol–water partition coefficient (Wildman–Crippen LogP) is 4.70. The van der Waals surface area contributed by atoms with Crippen LogP contribution >= 0.6 is 0 Å². The van der Waals surface area contributed by atoms with Gasteiger partial charge in [-0.05, 0) is 106 Å². The SMILES string of the molecule is COc1ccc2ncc(CO)c(CCCC3(C(=O)NO)CCN(CCCc4cc(F)cc(F)c4F)CC3)c2c1. The number of halogens is 3. The Morgan fingerprint density at radius 3 is 2.56 bits per heavy atom. The molecule has 2 aromatic carbocycles. The molecule has 3 aromatic rings. The highest BCUT2D eigenvalue weighted by Crippen LogP contribution is 2.38. The Morgan fingerprint density at radius 1 is 1.10 bits per heavy atom. The van der Waals surface area contributed by atoms with Crippen molar-refractivity contribution in [2.24, 2.45) is 5.41 Å². The van der Waals surface area contributed by atoms with E-state index in [0.717, 1.165) is 28.1 Å². The number of carbonyl (C=O) groups is 1. The van der Waals surface area contributed by atoms with Gasteiger partial charge in [-0.1, -0.05) is 0 Å². The number of aryl methyl sites for hydroxylation is 2. The number of aliphatic hydroxyl groups excluding tert-OH is 1. The molecule has 0 atom stereocenters. The number of carbonyl (C=O) groups excluding carboxylic acids is 1. The number of fused-ring (bicyclic) bond motifs is 1. The van der Waals surface area contributed by atoms with Crippen molar-refractivity contribution in [3.63, 3.8) is 0 Å². The van der Waals surface area contributed by atoms with Gasteiger partial charge in [0.25, 0.3) is 0 Å². The number of ether oxygens (including phenoxy) is 1. The van der Waals surface area contributed by atoms with Crippen LogP contribution in [0.4, 0.5) is 13.2 Å². The molecule has 1 aromatic heterocycles. The summed E-state index contributed by atoms with van der Waals surface area (Å²) < 4.78 is 46.2. The molecular formula is C29H34F3N3O4. The number of aliphatic hydroxyl groups is 1. The molecule has 7 nitrogen and oxygen atoms in total. The zero-order valence-electron chi connectivity index (χ0n) is 22.0. The molecule has 1 fully saturated rings. The van der Waals surface area contributed by atoms with Gasteiger partial charge < -0.3 is 14.7 Å². The second kappa shape index (κ2) is 12.8. The van der Waals surface area contributed by atoms with Gasteiger partial charge in [-0.15, -0.1) is 0 Å². The van der Waals surface area contributed by atoms with Crippen LogP contribution in [0.1, 0.15) is 48.8 Å². The summed E-state index contributed by atoms with van der Waals surface area (Å²) in [6.07, 6.45) is 5.25. The van der Waals surface area contributed by atoms with Crippen molar-refractivity contribution in [2.75, 3.05) is 26.7 Å². The minimum absolute atomic E-state index is 0.0158. The summed E-state index contributed by atoms with van der Waals surface area (Å²) in [6, 6.07) is 7.16. The summed E-state index contributed by atoms with van der Waals surface area (Å²) >= 11 is 0. The smallest absolute Gasteiger partial charge is 0.249 e. The third-order valence-corrected chi connectivity index (χ3v) is 7.91. The summed E-state index contributed by atoms with van der Waals surface area (Å²) in [5.74, 6) is -2.73. The molecule has 210 valence electrons. The molecule has 0 radical (unpaired) electrons. The van der Waals surface area contributed by atoms with Gasteiger partial charge in [0.05, 0.1) is 24.6 Å². The average Bonchev–Trinajstić information content (AvgIpc) is 2.95. The average molecular weight is 546 g/mol. The van der Waals surface area contributed by atoms with Crippen LogP contribution in [0.2, 0.25) is 0 Å². The summed E-state index contributed by atoms with van der Waals surface area (Å²) in [5.41, 5.74) is 3.59. The lowest BCUT2D eigenvalue weighted by molar-refractivity contribution is -0.143. The summed E-state index contributed by atoms with van der Waals surface area (Å²) in [6.45, 7) is 1.65. The molecule has 3 N–H and O–H groups in total. The van der Waals surface area contributed by atoms with Crippen LogP contribution in [-0.4, -0.2) is 52.8 Å². The number of rotatable bonds is 11. The van der Waals surface area contributed by atoms with Crippen molar-refractivity contribution in [2.45, 2.75) is 51.6 Å². The van der Waals surface area contributed by atoms with Crippen molar-refractivity contribution < 1.29 is 33.0 Å². The third kappa shape index (κ3) is 6.51. The molecular weight excluding hydrogens is 511 g/mol. The van der Waals surface area contributed by atoms with Crippen LogP contribution in [0, 0.1) is 22.9 Å². The zero-order chi connectivity index (χ0) is 28.0. The van der Waals surface area contributed by atoms with E-state index in [-0.39, 0.29) is 18.6 Å². The molecule has 0 saturated carbocycles. The van der Waals surface area contributed by atoms with Gasteiger partial charge >= 0.3 is 0 Å². The van der Waals surface area contributed by atoms with Gasteiger partial charge in [0.1, 0.15) is 11.6 Å². The van der Waals surface area contributed by atoms with E-state index in [2.05, 4.69) is 9.88 Å². The number of benzene rings is 2. The van der Waals surface area contributed by atoms with Crippen LogP contribution in [0.5, 0.6) is 5.75 Å². The highest BCUT2D eigenvalue weighted by atomic mass is 19.2. The standard InChI is InChI=1S/C29H34F3N3O4/c1-39-22-6-7-26-24(16-22)23(20(18-36)17-33-26)5-2-8-29(28(37)34-38)9-12-35(13-10-29)11-3-4-19-14-21(30)15-25(31)27(19)32/h6-7,14-17,36,38H,2-5,8-13,18H2,1H3,(H,34,37). The van der Waals surface area contributed by atoms with Crippen molar-refractivity contribution in [1.29, 1.82) is 0 Å². The number of nitrogens with zero attached hydrogens (tertiary/aromatic N) is 2. The van der Waals surface area contributed by atoms with E-state index >= 15 is 0 Å². The summed E-state index contributed by atoms with van der Waals surface area (Å²) in [4.78, 5) is 19.4. The number of aromatic nitrogens is 1. The lowest BCUT2D eigenvalue weighted by Crippen LogP contribution is -2.48. The number of amides is 1. The highest BCUT2D eigenvalue weighted by Gasteiger charge is 2.40. The van der Waals surface area contributed by atoms with Crippen molar-refractivity contribution in [3.8, 4) is 5.75 Å². The van der Waals surface area contributed by atoms with Crippen LogP contribution < -0.4 is 10.2 Å². The molecule has 4 rings (SSSR count). The number of likely N-dealkylation sites (tertiary alicyclic amines) is 1. The molecule has 0 bridgehead atoms. The van der Waals surface area contributed by atoms with Crippen molar-refractivity contribution in [3.05, 3.63) is 70.7 Å². The lowest BCUT2D eigenvalue weighted by Gasteiger charge is -2.40. The van der Waals surface area contributed by atoms with Gasteiger partial charge in [0.2, 0.25) is 5.91 Å². The topological polar surface area (TPSA) is 94.9 Å². The third-order valence-electron chi connectivity index (χ3n) is 7.91. The summed E-state index contributed by atoms with van der Waals surface area (Å²) in [7, 11) is 1.59. The molecule has 1 saturated heterocycles. The fraction of sp³-hybridized carbons (Fsp3) is 0.448. The fourth-order valence-electron chi connectivity index (χ4n) is 5.63. The van der Waals surface area contributed by atoms with E-state index in [1.54, 1.807) is 13.3 Å². The van der Waals surface area contributed by atoms with Crippen LogP contribution in [-0.2, 0) is 24.2 Å².